The van der Waals surface area contributed by atoms with Crippen molar-refractivity contribution in [2.45, 2.75) is 57.5 Å². The standard InChI is InChI=1S/C23H30N4O3S/c1-3-14-26(17-18-8-6-5-7-9-18)23(28)13-12-22-25-20-16-19(31(24,29)30)10-11-21(20)27(22)15-4-2/h5-11,16H,3-4,12-15,17H2,1-2H3,(H2,24,29,30). The molecular weight excluding hydrogens is 412 g/mol. The minimum Gasteiger partial charge on any atom is -0.338 e. The van der Waals surface area contributed by atoms with Crippen LogP contribution in [0.25, 0.3) is 11.0 Å². The second kappa shape index (κ2) is 10.1. The predicted octanol–water partition coefficient (Wildman–Crippen LogP) is 3.47. The first-order valence-electron chi connectivity index (χ1n) is 10.7. The molecule has 0 radical (unpaired) electrons. The van der Waals surface area contributed by atoms with Crippen molar-refractivity contribution in [2.24, 2.45) is 5.14 Å². The largest absolute Gasteiger partial charge is 0.338 e. The molecule has 31 heavy (non-hydrogen) atoms. The van der Waals surface area contributed by atoms with Crippen molar-refractivity contribution in [1.82, 2.24) is 14.5 Å². The van der Waals surface area contributed by atoms with Gasteiger partial charge in [0, 0.05) is 32.5 Å². The number of benzene rings is 2. The molecule has 1 amide bonds. The summed E-state index contributed by atoms with van der Waals surface area (Å²) < 4.78 is 25.4. The van der Waals surface area contributed by atoms with Gasteiger partial charge in [-0.05, 0) is 36.6 Å². The molecule has 0 saturated heterocycles. The molecule has 7 nitrogen and oxygen atoms in total. The zero-order valence-electron chi connectivity index (χ0n) is 18.1. The maximum Gasteiger partial charge on any atom is 0.238 e. The van der Waals surface area contributed by atoms with Gasteiger partial charge in [0.1, 0.15) is 5.82 Å². The molecule has 0 aliphatic carbocycles. The van der Waals surface area contributed by atoms with Gasteiger partial charge in [-0.25, -0.2) is 18.5 Å². The van der Waals surface area contributed by atoms with Gasteiger partial charge in [-0.2, -0.15) is 0 Å². The van der Waals surface area contributed by atoms with Gasteiger partial charge in [0.25, 0.3) is 0 Å². The van der Waals surface area contributed by atoms with Crippen LogP contribution in [0.2, 0.25) is 0 Å². The summed E-state index contributed by atoms with van der Waals surface area (Å²) in [6, 6.07) is 14.7. The molecule has 2 aromatic carbocycles. The fraction of sp³-hybridized carbons (Fsp3) is 0.391. The molecule has 3 aromatic rings. The van der Waals surface area contributed by atoms with E-state index in [-0.39, 0.29) is 10.8 Å². The van der Waals surface area contributed by atoms with Crippen molar-refractivity contribution in [3.05, 3.63) is 59.9 Å². The van der Waals surface area contributed by atoms with E-state index in [0.717, 1.165) is 36.3 Å². The lowest BCUT2D eigenvalue weighted by Crippen LogP contribution is -2.31. The van der Waals surface area contributed by atoms with Crippen LogP contribution >= 0.6 is 0 Å². The number of hydrogen-bond donors (Lipinski definition) is 1. The van der Waals surface area contributed by atoms with Gasteiger partial charge in [0.05, 0.1) is 15.9 Å². The van der Waals surface area contributed by atoms with E-state index < -0.39 is 10.0 Å². The van der Waals surface area contributed by atoms with Gasteiger partial charge in [0.15, 0.2) is 0 Å². The highest BCUT2D eigenvalue weighted by Gasteiger charge is 2.18. The normalized spacial score (nSPS) is 11.7. The molecule has 3 rings (SSSR count). The third-order valence-electron chi connectivity index (χ3n) is 5.20. The smallest absolute Gasteiger partial charge is 0.238 e. The fourth-order valence-corrected chi connectivity index (χ4v) is 4.28. The molecule has 0 aliphatic rings. The highest BCUT2D eigenvalue weighted by Crippen LogP contribution is 2.22. The van der Waals surface area contributed by atoms with Crippen LogP contribution in [0.5, 0.6) is 0 Å². The van der Waals surface area contributed by atoms with Crippen molar-refractivity contribution in [3.63, 3.8) is 0 Å². The molecule has 0 saturated carbocycles. The average molecular weight is 443 g/mol. The predicted molar refractivity (Wildman–Crippen MR) is 122 cm³/mol. The number of rotatable bonds is 10. The van der Waals surface area contributed by atoms with Gasteiger partial charge in [-0.3, -0.25) is 4.79 Å². The van der Waals surface area contributed by atoms with Crippen LogP contribution < -0.4 is 5.14 Å². The minimum absolute atomic E-state index is 0.0424. The van der Waals surface area contributed by atoms with Crippen molar-refractivity contribution in [3.8, 4) is 0 Å². The average Bonchev–Trinajstić information content (AvgIpc) is 3.09. The van der Waals surface area contributed by atoms with Gasteiger partial charge in [-0.1, -0.05) is 44.2 Å². The Hall–Kier alpha value is -2.71. The van der Waals surface area contributed by atoms with Crippen LogP contribution in [-0.4, -0.2) is 35.3 Å². The Morgan fingerprint density at radius 1 is 1.10 bits per heavy atom. The third-order valence-corrected chi connectivity index (χ3v) is 6.11. The highest BCUT2D eigenvalue weighted by atomic mass is 32.2. The number of aromatic nitrogens is 2. The zero-order valence-corrected chi connectivity index (χ0v) is 18.9. The third kappa shape index (κ3) is 5.71. The number of carbonyl (C=O) groups excluding carboxylic acids is 1. The zero-order chi connectivity index (χ0) is 22.4. The number of carbonyl (C=O) groups is 1. The van der Waals surface area contributed by atoms with E-state index >= 15 is 0 Å². The number of hydrogen-bond acceptors (Lipinski definition) is 4. The second-order valence-electron chi connectivity index (χ2n) is 7.68. The van der Waals surface area contributed by atoms with E-state index in [1.165, 1.54) is 12.1 Å². The lowest BCUT2D eigenvalue weighted by atomic mass is 10.2. The van der Waals surface area contributed by atoms with Crippen LogP contribution in [0.3, 0.4) is 0 Å². The number of sulfonamides is 1. The topological polar surface area (TPSA) is 98.3 Å². The maximum absolute atomic E-state index is 13.0. The van der Waals surface area contributed by atoms with Gasteiger partial charge in [0.2, 0.25) is 15.9 Å². The number of nitrogens with two attached hydrogens (primary N) is 1. The van der Waals surface area contributed by atoms with Gasteiger partial charge < -0.3 is 9.47 Å². The van der Waals surface area contributed by atoms with Crippen LogP contribution in [0.15, 0.2) is 53.4 Å². The summed E-state index contributed by atoms with van der Waals surface area (Å²) >= 11 is 0. The van der Waals surface area contributed by atoms with E-state index in [4.69, 9.17) is 5.14 Å². The summed E-state index contributed by atoms with van der Waals surface area (Å²) in [4.78, 5) is 19.5. The molecule has 0 unspecified atom stereocenters. The lowest BCUT2D eigenvalue weighted by molar-refractivity contribution is -0.131. The van der Waals surface area contributed by atoms with Crippen LogP contribution in [-0.2, 0) is 34.3 Å². The molecule has 0 spiro atoms. The van der Waals surface area contributed by atoms with Crippen LogP contribution in [0, 0.1) is 0 Å². The fourth-order valence-electron chi connectivity index (χ4n) is 3.74. The first-order valence-corrected chi connectivity index (χ1v) is 12.2. The molecule has 0 atom stereocenters. The summed E-state index contributed by atoms with van der Waals surface area (Å²) in [6.07, 6.45) is 2.64. The Morgan fingerprint density at radius 3 is 2.48 bits per heavy atom. The Bertz CT molecular complexity index is 1140. The second-order valence-corrected chi connectivity index (χ2v) is 9.24. The summed E-state index contributed by atoms with van der Waals surface area (Å²) in [7, 11) is -3.79. The molecule has 0 fully saturated rings. The van der Waals surface area contributed by atoms with Crippen molar-refractivity contribution >= 4 is 27.0 Å². The Balaban J connectivity index is 1.80. The summed E-state index contributed by atoms with van der Waals surface area (Å²) in [5, 5.41) is 5.26. The molecule has 2 N–H and O–H groups in total. The quantitative estimate of drug-likeness (QED) is 0.520. The highest BCUT2D eigenvalue weighted by molar-refractivity contribution is 7.89. The van der Waals surface area contributed by atoms with E-state index in [2.05, 4.69) is 23.4 Å². The van der Waals surface area contributed by atoms with Crippen molar-refractivity contribution < 1.29 is 13.2 Å². The van der Waals surface area contributed by atoms with Crippen LogP contribution in [0.1, 0.15) is 44.5 Å². The first kappa shape index (κ1) is 23.0. The maximum atomic E-state index is 13.0. The minimum atomic E-state index is -3.79. The van der Waals surface area contributed by atoms with E-state index in [1.807, 2.05) is 35.2 Å². The molecule has 0 aliphatic heterocycles. The molecule has 8 heteroatoms. The number of aryl methyl sites for hydroxylation is 2. The SMILES string of the molecule is CCCN(Cc1ccccc1)C(=O)CCc1nc2cc(S(N)(=O)=O)ccc2n1CCC. The number of nitrogens with zero attached hydrogens (tertiary/aromatic N) is 3. The molecule has 1 heterocycles. The molecule has 166 valence electrons. The molecular formula is C23H30N4O3S. The summed E-state index contributed by atoms with van der Waals surface area (Å²) in [5.41, 5.74) is 2.54. The Kier molecular flexibility index (Phi) is 7.46. The molecule has 0 bridgehead atoms. The summed E-state index contributed by atoms with van der Waals surface area (Å²) in [6.45, 7) is 6.18. The van der Waals surface area contributed by atoms with E-state index in [1.54, 1.807) is 6.07 Å². The number of imidazole rings is 1. The number of fused-ring (bicyclic) bond motifs is 1. The monoisotopic (exact) mass is 442 g/mol. The van der Waals surface area contributed by atoms with Crippen LogP contribution in [0.4, 0.5) is 0 Å². The Morgan fingerprint density at radius 2 is 1.84 bits per heavy atom. The van der Waals surface area contributed by atoms with E-state index in [0.29, 0.717) is 31.4 Å². The van der Waals surface area contributed by atoms with E-state index in [9.17, 15) is 13.2 Å². The number of amides is 1. The lowest BCUT2D eigenvalue weighted by Gasteiger charge is -2.22. The first-order chi connectivity index (χ1) is 14.8. The van der Waals surface area contributed by atoms with Crippen molar-refractivity contribution in [1.29, 1.82) is 0 Å². The Labute approximate surface area is 183 Å². The van der Waals surface area contributed by atoms with Gasteiger partial charge in [-0.15, -0.1) is 0 Å². The number of primary sulfonamides is 1. The van der Waals surface area contributed by atoms with Crippen molar-refractivity contribution in [2.75, 3.05) is 6.54 Å². The molecule has 1 aromatic heterocycles. The van der Waals surface area contributed by atoms with Gasteiger partial charge >= 0.3 is 0 Å². The summed E-state index contributed by atoms with van der Waals surface area (Å²) in [5.74, 6) is 0.874.